The molecule has 4 aliphatic carbocycles. The fraction of sp³-hybridized carbons (Fsp3) is 0.762. The summed E-state index contributed by atoms with van der Waals surface area (Å²) in [4.78, 5) is 11.3. The van der Waals surface area contributed by atoms with Crippen molar-refractivity contribution in [3.05, 3.63) is 23.3 Å². The van der Waals surface area contributed by atoms with E-state index >= 15 is 0 Å². The number of aliphatic hydroxyl groups excluding tert-OH is 1. The normalized spacial score (nSPS) is 49.6. The number of aliphatic carboxylic acids is 1. The lowest BCUT2D eigenvalue weighted by atomic mass is 9.75. The molecule has 3 N–H and O–H groups in total. The van der Waals surface area contributed by atoms with Gasteiger partial charge in [-0.05, 0) is 69.1 Å². The van der Waals surface area contributed by atoms with E-state index in [1.807, 2.05) is 6.08 Å². The Kier molecular flexibility index (Phi) is 4.32. The molecule has 0 radical (unpaired) electrons. The van der Waals surface area contributed by atoms with Gasteiger partial charge in [-0.2, -0.15) is 0 Å². The Morgan fingerprint density at radius 2 is 2.08 bits per heavy atom. The minimum absolute atomic E-state index is 0.100. The van der Waals surface area contributed by atoms with E-state index in [1.165, 1.54) is 11.1 Å². The van der Waals surface area contributed by atoms with E-state index in [1.54, 1.807) is 0 Å². The first-order valence-corrected chi connectivity index (χ1v) is 9.92. The van der Waals surface area contributed by atoms with Crippen molar-refractivity contribution >= 4 is 5.97 Å². The molecule has 0 heterocycles. The maximum atomic E-state index is 11.3. The highest BCUT2D eigenvalue weighted by atomic mass is 16.4. The molecule has 0 aromatic rings. The number of aliphatic hydroxyl groups is 2. The largest absolute Gasteiger partial charge is 0.481 e. The van der Waals surface area contributed by atoms with Crippen LogP contribution in [0, 0.1) is 29.6 Å². The molecule has 0 saturated heterocycles. The predicted octanol–water partition coefficient (Wildman–Crippen LogP) is 3.29. The maximum Gasteiger partial charge on any atom is 0.310 e. The minimum Gasteiger partial charge on any atom is -0.481 e. The fourth-order valence-electron chi connectivity index (χ4n) is 5.84. The number of carboxylic acids is 1. The summed E-state index contributed by atoms with van der Waals surface area (Å²) < 4.78 is 0. The number of fused-ring (bicyclic) bond motifs is 1. The van der Waals surface area contributed by atoms with E-state index in [0.717, 1.165) is 51.4 Å². The van der Waals surface area contributed by atoms with Crippen molar-refractivity contribution in [2.24, 2.45) is 29.6 Å². The van der Waals surface area contributed by atoms with Crippen LogP contribution in [0.3, 0.4) is 0 Å². The van der Waals surface area contributed by atoms with E-state index in [0.29, 0.717) is 11.8 Å². The minimum atomic E-state index is -0.708. The quantitative estimate of drug-likeness (QED) is 0.685. The van der Waals surface area contributed by atoms with Crippen LogP contribution in [0.1, 0.15) is 58.3 Å². The van der Waals surface area contributed by atoms with Gasteiger partial charge in [0.05, 0.1) is 17.6 Å². The summed E-state index contributed by atoms with van der Waals surface area (Å²) in [5.41, 5.74) is 1.81. The van der Waals surface area contributed by atoms with Crippen molar-refractivity contribution in [2.75, 3.05) is 0 Å². The van der Waals surface area contributed by atoms with Crippen LogP contribution in [0.15, 0.2) is 23.3 Å². The molecular formula is C21H30O4. The Balaban J connectivity index is 1.50. The van der Waals surface area contributed by atoms with Gasteiger partial charge in [-0.1, -0.05) is 30.2 Å². The van der Waals surface area contributed by atoms with Gasteiger partial charge in [-0.15, -0.1) is 0 Å². The summed E-state index contributed by atoms with van der Waals surface area (Å²) in [5.74, 6) is 0.323. The zero-order valence-corrected chi connectivity index (χ0v) is 15.0. The third-order valence-corrected chi connectivity index (χ3v) is 7.63. The second-order valence-corrected chi connectivity index (χ2v) is 8.91. The second kappa shape index (κ2) is 6.24. The molecule has 0 bridgehead atoms. The van der Waals surface area contributed by atoms with E-state index < -0.39 is 11.6 Å². The molecular weight excluding hydrogens is 316 g/mol. The third kappa shape index (κ3) is 2.87. The van der Waals surface area contributed by atoms with Gasteiger partial charge in [0.25, 0.3) is 0 Å². The molecule has 4 saturated carbocycles. The SMILES string of the molecule is CC1CCC[C@]1(O)/C=C/[C@H]1C(O)C[C@@H]2C/C(=C3\CCC3C(=O)O)C[C@@H]21. The summed E-state index contributed by atoms with van der Waals surface area (Å²) >= 11 is 0. The van der Waals surface area contributed by atoms with Crippen LogP contribution in [0.5, 0.6) is 0 Å². The van der Waals surface area contributed by atoms with Crippen molar-refractivity contribution in [3.8, 4) is 0 Å². The number of carbonyl (C=O) groups is 1. The van der Waals surface area contributed by atoms with E-state index in [4.69, 9.17) is 0 Å². The molecule has 0 spiro atoms. The fourth-order valence-corrected chi connectivity index (χ4v) is 5.84. The lowest BCUT2D eigenvalue weighted by molar-refractivity contribution is -0.142. The van der Waals surface area contributed by atoms with Crippen molar-refractivity contribution in [2.45, 2.75) is 70.0 Å². The topological polar surface area (TPSA) is 77.8 Å². The molecule has 0 aliphatic heterocycles. The molecule has 4 fully saturated rings. The molecule has 0 aromatic heterocycles. The molecule has 0 amide bonds. The average Bonchev–Trinajstić information content (AvgIpc) is 3.10. The lowest BCUT2D eigenvalue weighted by Gasteiger charge is -2.29. The number of allylic oxidation sites excluding steroid dienone is 1. The lowest BCUT2D eigenvalue weighted by Crippen LogP contribution is -2.29. The molecule has 138 valence electrons. The molecule has 4 heteroatoms. The van der Waals surface area contributed by atoms with Crippen LogP contribution < -0.4 is 0 Å². The van der Waals surface area contributed by atoms with Crippen molar-refractivity contribution < 1.29 is 20.1 Å². The van der Waals surface area contributed by atoms with Gasteiger partial charge in [-0.3, -0.25) is 4.79 Å². The summed E-state index contributed by atoms with van der Waals surface area (Å²) in [6.45, 7) is 2.10. The Labute approximate surface area is 149 Å². The van der Waals surface area contributed by atoms with Crippen molar-refractivity contribution in [1.29, 1.82) is 0 Å². The zero-order valence-electron chi connectivity index (χ0n) is 15.0. The number of carboxylic acid groups (broad SMARTS) is 1. The van der Waals surface area contributed by atoms with Crippen molar-refractivity contribution in [3.63, 3.8) is 0 Å². The first-order valence-electron chi connectivity index (χ1n) is 9.92. The number of hydrogen-bond donors (Lipinski definition) is 3. The standard InChI is InChI=1S/C21H30O4/c1-12-3-2-7-21(12,25)8-6-16-18-10-13(9-14(18)11-19(16)22)15-4-5-17(15)20(23)24/h6,8,12,14,16-19,22,25H,2-5,7,9-11H2,1H3,(H,23,24)/b8-6+,15-13-/t12?,14-,16+,17?,18-,19?,21-/m0/s1. The highest BCUT2D eigenvalue weighted by Crippen LogP contribution is 2.54. The van der Waals surface area contributed by atoms with Crippen LogP contribution in [0.2, 0.25) is 0 Å². The smallest absolute Gasteiger partial charge is 0.310 e. The highest BCUT2D eigenvalue weighted by Gasteiger charge is 2.47. The number of rotatable bonds is 3. The van der Waals surface area contributed by atoms with Crippen LogP contribution in [-0.2, 0) is 4.79 Å². The van der Waals surface area contributed by atoms with E-state index in [-0.39, 0.29) is 23.9 Å². The van der Waals surface area contributed by atoms with Gasteiger partial charge in [0.1, 0.15) is 0 Å². The number of hydrogen-bond acceptors (Lipinski definition) is 3. The van der Waals surface area contributed by atoms with Crippen LogP contribution in [0.4, 0.5) is 0 Å². The molecule has 7 atom stereocenters. The van der Waals surface area contributed by atoms with E-state index in [9.17, 15) is 20.1 Å². The van der Waals surface area contributed by atoms with Crippen molar-refractivity contribution in [1.82, 2.24) is 0 Å². The average molecular weight is 346 g/mol. The summed E-state index contributed by atoms with van der Waals surface area (Å²) in [6.07, 6.45) is 11.1. The van der Waals surface area contributed by atoms with Gasteiger partial charge in [-0.25, -0.2) is 0 Å². The van der Waals surface area contributed by atoms with Crippen LogP contribution in [0.25, 0.3) is 0 Å². The monoisotopic (exact) mass is 346 g/mol. The Morgan fingerprint density at radius 3 is 2.68 bits per heavy atom. The zero-order chi connectivity index (χ0) is 17.8. The molecule has 3 unspecified atom stereocenters. The third-order valence-electron chi connectivity index (χ3n) is 7.63. The Hall–Kier alpha value is -1.13. The van der Waals surface area contributed by atoms with Gasteiger partial charge < -0.3 is 15.3 Å². The van der Waals surface area contributed by atoms with Gasteiger partial charge in [0.15, 0.2) is 0 Å². The van der Waals surface area contributed by atoms with Gasteiger partial charge >= 0.3 is 5.97 Å². The highest BCUT2D eigenvalue weighted by molar-refractivity contribution is 5.75. The summed E-state index contributed by atoms with van der Waals surface area (Å²) in [5, 5.41) is 30.6. The van der Waals surface area contributed by atoms with E-state index in [2.05, 4.69) is 13.0 Å². The summed E-state index contributed by atoms with van der Waals surface area (Å²) in [7, 11) is 0. The second-order valence-electron chi connectivity index (χ2n) is 8.91. The molecule has 25 heavy (non-hydrogen) atoms. The molecule has 4 aliphatic rings. The van der Waals surface area contributed by atoms with Crippen LogP contribution >= 0.6 is 0 Å². The molecule has 0 aromatic carbocycles. The molecule has 4 nitrogen and oxygen atoms in total. The van der Waals surface area contributed by atoms with Crippen LogP contribution in [-0.4, -0.2) is 33.0 Å². The predicted molar refractivity (Wildman–Crippen MR) is 94.8 cm³/mol. The van der Waals surface area contributed by atoms with Gasteiger partial charge in [0.2, 0.25) is 0 Å². The van der Waals surface area contributed by atoms with Gasteiger partial charge in [0, 0.05) is 5.92 Å². The summed E-state index contributed by atoms with van der Waals surface area (Å²) in [6, 6.07) is 0. The Bertz CT molecular complexity index is 621. The maximum absolute atomic E-state index is 11.3. The first kappa shape index (κ1) is 17.3. The molecule has 4 rings (SSSR count). The Morgan fingerprint density at radius 1 is 1.28 bits per heavy atom. The first-order chi connectivity index (χ1) is 11.9.